The summed E-state index contributed by atoms with van der Waals surface area (Å²) in [5.41, 5.74) is 0.819. The minimum absolute atomic E-state index is 0.0296. The van der Waals surface area contributed by atoms with E-state index in [0.29, 0.717) is 36.8 Å². The van der Waals surface area contributed by atoms with Crippen LogP contribution in [0.5, 0.6) is 0 Å². The Hall–Kier alpha value is -2.94. The molecule has 0 bridgehead atoms. The van der Waals surface area contributed by atoms with E-state index in [-0.39, 0.29) is 16.0 Å². The molecule has 1 aliphatic rings. The topological polar surface area (TPSA) is 108 Å². The van der Waals surface area contributed by atoms with E-state index >= 15 is 0 Å². The third-order valence-electron chi connectivity index (χ3n) is 5.91. The smallest absolute Gasteiger partial charge is 0.345 e. The number of amides is 1. The van der Waals surface area contributed by atoms with Gasteiger partial charge in [0.15, 0.2) is 0 Å². The number of carbonyl (C=O) groups excluding carboxylic acids is 1. The Bertz CT molecular complexity index is 1390. The molecule has 1 fully saturated rings. The Morgan fingerprint density at radius 3 is 2.27 bits per heavy atom. The van der Waals surface area contributed by atoms with Crippen LogP contribution in [0, 0.1) is 6.92 Å². The van der Waals surface area contributed by atoms with Crippen molar-refractivity contribution in [2.75, 3.05) is 33.2 Å². The zero-order valence-corrected chi connectivity index (χ0v) is 21.9. The first kappa shape index (κ1) is 27.1. The van der Waals surface area contributed by atoms with Crippen LogP contribution >= 0.6 is 11.3 Å². The summed E-state index contributed by atoms with van der Waals surface area (Å²) in [6, 6.07) is 3.63. The zero-order valence-electron chi connectivity index (χ0n) is 20.3. The normalized spacial score (nSPS) is 16.5. The lowest BCUT2D eigenvalue weighted by Crippen LogP contribution is -2.47. The van der Waals surface area contributed by atoms with Gasteiger partial charge in [-0.25, -0.2) is 23.4 Å². The summed E-state index contributed by atoms with van der Waals surface area (Å²) < 4.78 is 66.6. The van der Waals surface area contributed by atoms with Gasteiger partial charge < -0.3 is 10.2 Å². The van der Waals surface area contributed by atoms with Gasteiger partial charge in [0.05, 0.1) is 10.9 Å². The largest absolute Gasteiger partial charge is 0.451 e. The maximum atomic E-state index is 13.5. The van der Waals surface area contributed by atoms with Crippen LogP contribution in [0.1, 0.15) is 39.6 Å². The van der Waals surface area contributed by atoms with E-state index in [1.165, 1.54) is 27.8 Å². The number of likely N-dealkylation sites (N-methyl/N-ethyl adjacent to an activating group) is 1. The van der Waals surface area contributed by atoms with E-state index in [9.17, 15) is 26.4 Å². The molecular weight excluding hydrogens is 529 g/mol. The first-order valence-corrected chi connectivity index (χ1v) is 13.6. The number of thiazole rings is 1. The lowest BCUT2D eigenvalue weighted by atomic mass is 10.1. The van der Waals surface area contributed by atoms with E-state index in [4.69, 9.17) is 0 Å². The minimum Gasteiger partial charge on any atom is -0.345 e. The molecule has 2 aromatic heterocycles. The van der Waals surface area contributed by atoms with Crippen molar-refractivity contribution in [1.29, 1.82) is 0 Å². The summed E-state index contributed by atoms with van der Waals surface area (Å²) in [6.45, 7) is 5.26. The molecule has 3 aromatic rings. The highest BCUT2D eigenvalue weighted by molar-refractivity contribution is 7.89. The number of benzene rings is 1. The Kier molecular flexibility index (Phi) is 7.65. The van der Waals surface area contributed by atoms with Gasteiger partial charge in [-0.15, -0.1) is 11.3 Å². The van der Waals surface area contributed by atoms with Crippen molar-refractivity contribution >= 4 is 27.3 Å². The summed E-state index contributed by atoms with van der Waals surface area (Å²) >= 11 is 1.36. The van der Waals surface area contributed by atoms with Gasteiger partial charge in [0.25, 0.3) is 5.91 Å². The van der Waals surface area contributed by atoms with Gasteiger partial charge in [-0.1, -0.05) is 0 Å². The van der Waals surface area contributed by atoms with Crippen LogP contribution < -0.4 is 5.32 Å². The molecular formula is C23H25F3N6O3S2. The molecule has 1 amide bonds. The second-order valence-corrected chi connectivity index (χ2v) is 11.9. The molecule has 3 heterocycles. The molecule has 1 aliphatic heterocycles. The van der Waals surface area contributed by atoms with Crippen LogP contribution in [-0.4, -0.2) is 71.7 Å². The predicted octanol–water partition coefficient (Wildman–Crippen LogP) is 3.35. The van der Waals surface area contributed by atoms with Gasteiger partial charge in [0, 0.05) is 66.3 Å². The fourth-order valence-electron chi connectivity index (χ4n) is 3.74. The molecule has 4 rings (SSSR count). The van der Waals surface area contributed by atoms with Crippen molar-refractivity contribution in [2.45, 2.75) is 31.0 Å². The molecule has 0 saturated carbocycles. The number of sulfonamides is 1. The van der Waals surface area contributed by atoms with Crippen molar-refractivity contribution in [3.63, 3.8) is 0 Å². The summed E-state index contributed by atoms with van der Waals surface area (Å²) in [5.74, 6) is -1.88. The standard InChI is InChI=1S/C23H25F3N6O3S2/c1-14-11-27-21(36-14)17-8-16(9-19(10-17)37(34,35)32-6-4-31(3)5-7-32)20(33)30-15(2)18-12-28-22(29-13-18)23(24,25)26/h8-13,15H,4-7H2,1-3H3,(H,30,33)/t15-/m1/s1. The van der Waals surface area contributed by atoms with Crippen molar-refractivity contribution in [1.82, 2.24) is 29.5 Å². The molecule has 1 aromatic carbocycles. The first-order valence-electron chi connectivity index (χ1n) is 11.3. The number of halogens is 3. The molecule has 1 atom stereocenters. The maximum absolute atomic E-state index is 13.5. The first-order chi connectivity index (χ1) is 17.3. The summed E-state index contributed by atoms with van der Waals surface area (Å²) in [7, 11) is -1.97. The molecule has 1 saturated heterocycles. The number of nitrogens with zero attached hydrogens (tertiary/aromatic N) is 5. The van der Waals surface area contributed by atoms with Gasteiger partial charge in [0.2, 0.25) is 15.8 Å². The number of aryl methyl sites for hydroxylation is 1. The number of piperazine rings is 1. The van der Waals surface area contributed by atoms with Crippen LogP contribution in [0.4, 0.5) is 13.2 Å². The average Bonchev–Trinajstić information content (AvgIpc) is 3.30. The second-order valence-electron chi connectivity index (χ2n) is 8.76. The average molecular weight is 555 g/mol. The van der Waals surface area contributed by atoms with Crippen LogP contribution in [0.25, 0.3) is 10.6 Å². The molecule has 14 heteroatoms. The van der Waals surface area contributed by atoms with Crippen molar-refractivity contribution in [3.05, 3.63) is 58.6 Å². The van der Waals surface area contributed by atoms with E-state index in [2.05, 4.69) is 20.3 Å². The van der Waals surface area contributed by atoms with Crippen LogP contribution in [-0.2, 0) is 16.2 Å². The summed E-state index contributed by atoms with van der Waals surface area (Å²) in [6.07, 6.45) is -1.02. The monoisotopic (exact) mass is 554 g/mol. The molecule has 198 valence electrons. The summed E-state index contributed by atoms with van der Waals surface area (Å²) in [5, 5.41) is 3.25. The van der Waals surface area contributed by atoms with Crippen LogP contribution in [0.3, 0.4) is 0 Å². The molecule has 9 nitrogen and oxygen atoms in total. The highest BCUT2D eigenvalue weighted by atomic mass is 32.2. The highest BCUT2D eigenvalue weighted by Crippen LogP contribution is 2.30. The molecule has 1 N–H and O–H groups in total. The van der Waals surface area contributed by atoms with Gasteiger partial charge in [-0.05, 0) is 39.1 Å². The van der Waals surface area contributed by atoms with E-state index in [1.807, 2.05) is 18.9 Å². The fourth-order valence-corrected chi connectivity index (χ4v) is 5.99. The van der Waals surface area contributed by atoms with Crippen LogP contribution in [0.15, 0.2) is 41.7 Å². The Morgan fingerprint density at radius 1 is 1.05 bits per heavy atom. The third kappa shape index (κ3) is 6.14. The van der Waals surface area contributed by atoms with Gasteiger partial charge in [0.1, 0.15) is 5.01 Å². The van der Waals surface area contributed by atoms with E-state index in [0.717, 1.165) is 17.3 Å². The molecule has 0 radical (unpaired) electrons. The Labute approximate surface area is 216 Å². The van der Waals surface area contributed by atoms with Crippen LogP contribution in [0.2, 0.25) is 0 Å². The lowest BCUT2D eigenvalue weighted by Gasteiger charge is -2.31. The number of hydrogen-bond donors (Lipinski definition) is 1. The third-order valence-corrected chi connectivity index (χ3v) is 8.75. The second kappa shape index (κ2) is 10.4. The van der Waals surface area contributed by atoms with Gasteiger partial charge >= 0.3 is 6.18 Å². The lowest BCUT2D eigenvalue weighted by molar-refractivity contribution is -0.145. The van der Waals surface area contributed by atoms with E-state index in [1.54, 1.807) is 19.2 Å². The van der Waals surface area contributed by atoms with Gasteiger partial charge in [-0.2, -0.15) is 17.5 Å². The minimum atomic E-state index is -4.68. The number of alkyl halides is 3. The molecule has 0 spiro atoms. The van der Waals surface area contributed by atoms with E-state index < -0.39 is 34.0 Å². The predicted molar refractivity (Wildman–Crippen MR) is 131 cm³/mol. The zero-order chi connectivity index (χ0) is 27.0. The Balaban J connectivity index is 1.65. The fraction of sp³-hybridized carbons (Fsp3) is 0.391. The number of hydrogen-bond acceptors (Lipinski definition) is 8. The molecule has 37 heavy (non-hydrogen) atoms. The molecule has 0 unspecified atom stereocenters. The van der Waals surface area contributed by atoms with Crippen molar-refractivity contribution < 1.29 is 26.4 Å². The summed E-state index contributed by atoms with van der Waals surface area (Å²) in [4.78, 5) is 27.1. The number of nitrogens with one attached hydrogen (secondary N) is 1. The SMILES string of the molecule is Cc1cnc(-c2cc(C(=O)N[C@H](C)c3cnc(C(F)(F)F)nc3)cc(S(=O)(=O)N3CCN(C)CC3)c2)s1. The van der Waals surface area contributed by atoms with Crippen molar-refractivity contribution in [3.8, 4) is 10.6 Å². The van der Waals surface area contributed by atoms with Crippen molar-refractivity contribution in [2.24, 2.45) is 0 Å². The number of aromatic nitrogens is 3. The maximum Gasteiger partial charge on any atom is 0.451 e. The Morgan fingerprint density at radius 2 is 1.70 bits per heavy atom. The van der Waals surface area contributed by atoms with Gasteiger partial charge in [-0.3, -0.25) is 4.79 Å². The number of rotatable bonds is 6. The number of carbonyl (C=O) groups is 1. The highest BCUT2D eigenvalue weighted by Gasteiger charge is 2.34. The molecule has 0 aliphatic carbocycles. The quantitative estimate of drug-likeness (QED) is 0.498.